The van der Waals surface area contributed by atoms with Gasteiger partial charge >= 0.3 is 6.03 Å². The second kappa shape index (κ2) is 9.88. The summed E-state index contributed by atoms with van der Waals surface area (Å²) in [4.78, 5) is 23.0. The van der Waals surface area contributed by atoms with Gasteiger partial charge in [0.2, 0.25) is 0 Å². The average Bonchev–Trinajstić information content (AvgIpc) is 3.21. The zero-order chi connectivity index (χ0) is 18.9. The standard InChI is InChI=1S/C18H23N5OS2/c1-4-6-13(7-9-19)16-12(3)22-18(26-16)23-17(24)20-10-8-15-21-11-14(5-2)25-15/h4,6-7,9,11H,1,5,8,10,19H2,2-3H3,(H2,20,22,23,24)/b9-7-,13-6+. The molecule has 0 unspecified atom stereocenters. The molecular formula is C18H23N5OS2. The largest absolute Gasteiger partial charge is 0.405 e. The van der Waals surface area contributed by atoms with E-state index in [4.69, 9.17) is 5.73 Å². The van der Waals surface area contributed by atoms with Gasteiger partial charge in [0.15, 0.2) is 5.13 Å². The van der Waals surface area contributed by atoms with Crippen molar-refractivity contribution in [1.29, 1.82) is 0 Å². The molecule has 2 amide bonds. The molecule has 138 valence electrons. The maximum Gasteiger partial charge on any atom is 0.321 e. The minimum absolute atomic E-state index is 0.277. The van der Waals surface area contributed by atoms with Crippen LogP contribution < -0.4 is 16.4 Å². The SMILES string of the molecule is C=C/C=C(\C=C/N)c1sc(NC(=O)NCCc2ncc(CC)s2)nc1C. The van der Waals surface area contributed by atoms with E-state index in [1.165, 1.54) is 22.4 Å². The van der Waals surface area contributed by atoms with Crippen LogP contribution in [-0.2, 0) is 12.8 Å². The van der Waals surface area contributed by atoms with Gasteiger partial charge in [-0.15, -0.1) is 11.3 Å². The zero-order valence-corrected chi connectivity index (χ0v) is 16.5. The minimum atomic E-state index is -0.277. The average molecular weight is 390 g/mol. The number of rotatable bonds is 8. The van der Waals surface area contributed by atoms with Crippen LogP contribution >= 0.6 is 22.7 Å². The Hall–Kier alpha value is -2.45. The van der Waals surface area contributed by atoms with E-state index in [0.29, 0.717) is 18.1 Å². The number of carbonyl (C=O) groups is 1. The highest BCUT2D eigenvalue weighted by molar-refractivity contribution is 7.17. The molecule has 0 aliphatic heterocycles. The summed E-state index contributed by atoms with van der Waals surface area (Å²) in [6.07, 6.45) is 10.4. The van der Waals surface area contributed by atoms with Crippen LogP contribution in [0, 0.1) is 6.92 Å². The van der Waals surface area contributed by atoms with E-state index >= 15 is 0 Å². The summed E-state index contributed by atoms with van der Waals surface area (Å²) < 4.78 is 0. The Morgan fingerprint density at radius 1 is 1.42 bits per heavy atom. The summed E-state index contributed by atoms with van der Waals surface area (Å²) in [5.41, 5.74) is 7.22. The van der Waals surface area contributed by atoms with Gasteiger partial charge in [0, 0.05) is 24.0 Å². The third-order valence-corrected chi connectivity index (χ3v) is 5.75. The lowest BCUT2D eigenvalue weighted by Crippen LogP contribution is -2.30. The number of nitrogens with zero attached hydrogens (tertiary/aromatic N) is 2. The van der Waals surface area contributed by atoms with Crippen molar-refractivity contribution in [3.05, 3.63) is 57.7 Å². The van der Waals surface area contributed by atoms with E-state index in [-0.39, 0.29) is 6.03 Å². The number of nitrogens with one attached hydrogen (secondary N) is 2. The smallest absolute Gasteiger partial charge is 0.321 e. The van der Waals surface area contributed by atoms with Crippen LogP contribution in [0.5, 0.6) is 0 Å². The first kappa shape index (κ1) is 19.9. The zero-order valence-electron chi connectivity index (χ0n) is 14.9. The van der Waals surface area contributed by atoms with Crippen LogP contribution in [0.15, 0.2) is 37.2 Å². The second-order valence-electron chi connectivity index (χ2n) is 5.36. The third kappa shape index (κ3) is 5.53. The van der Waals surface area contributed by atoms with Crippen LogP contribution in [0.4, 0.5) is 9.93 Å². The van der Waals surface area contributed by atoms with Gasteiger partial charge in [-0.1, -0.05) is 37.0 Å². The first-order valence-corrected chi connectivity index (χ1v) is 9.87. The molecule has 6 nitrogen and oxygen atoms in total. The summed E-state index contributed by atoms with van der Waals surface area (Å²) in [6.45, 7) is 8.23. The second-order valence-corrected chi connectivity index (χ2v) is 7.55. The Balaban J connectivity index is 1.91. The van der Waals surface area contributed by atoms with E-state index in [1.54, 1.807) is 23.5 Å². The van der Waals surface area contributed by atoms with Crippen LogP contribution in [0.1, 0.15) is 27.4 Å². The number of hydrogen-bond acceptors (Lipinski definition) is 6. The van der Waals surface area contributed by atoms with Crippen molar-refractivity contribution in [2.75, 3.05) is 11.9 Å². The number of nitrogens with two attached hydrogens (primary N) is 1. The lowest BCUT2D eigenvalue weighted by molar-refractivity contribution is 0.252. The molecule has 0 atom stereocenters. The van der Waals surface area contributed by atoms with Crippen LogP contribution in [0.2, 0.25) is 0 Å². The van der Waals surface area contributed by atoms with Gasteiger partial charge in [0.25, 0.3) is 0 Å². The van der Waals surface area contributed by atoms with E-state index < -0.39 is 0 Å². The third-order valence-electron chi connectivity index (χ3n) is 3.43. The minimum Gasteiger partial charge on any atom is -0.405 e. The fourth-order valence-corrected chi connectivity index (χ4v) is 4.04. The van der Waals surface area contributed by atoms with Crippen molar-refractivity contribution >= 4 is 39.4 Å². The van der Waals surface area contributed by atoms with Crippen LogP contribution in [0.25, 0.3) is 5.57 Å². The van der Waals surface area contributed by atoms with E-state index in [2.05, 4.69) is 34.1 Å². The lowest BCUT2D eigenvalue weighted by Gasteiger charge is -2.03. The molecule has 0 aliphatic rings. The molecule has 0 fully saturated rings. The van der Waals surface area contributed by atoms with Gasteiger partial charge in [0.05, 0.1) is 15.6 Å². The molecular weight excluding hydrogens is 366 g/mol. The Labute approximate surface area is 161 Å². The molecule has 0 saturated heterocycles. The van der Waals surface area contributed by atoms with Crippen molar-refractivity contribution < 1.29 is 4.79 Å². The molecule has 0 bridgehead atoms. The van der Waals surface area contributed by atoms with E-state index in [1.807, 2.05) is 19.2 Å². The Morgan fingerprint density at radius 2 is 2.23 bits per heavy atom. The maximum absolute atomic E-state index is 12.1. The highest BCUT2D eigenvalue weighted by Crippen LogP contribution is 2.30. The molecule has 4 N–H and O–H groups in total. The summed E-state index contributed by atoms with van der Waals surface area (Å²) in [7, 11) is 0. The molecule has 0 saturated carbocycles. The number of amides is 2. The summed E-state index contributed by atoms with van der Waals surface area (Å²) in [5, 5.41) is 7.18. The number of urea groups is 1. The van der Waals surface area contributed by atoms with Gasteiger partial charge in [-0.2, -0.15) is 0 Å². The predicted molar refractivity (Wildman–Crippen MR) is 111 cm³/mol. The normalized spacial score (nSPS) is 11.7. The van der Waals surface area contributed by atoms with E-state index in [9.17, 15) is 4.79 Å². The molecule has 0 aromatic carbocycles. The van der Waals surface area contributed by atoms with Crippen LogP contribution in [0.3, 0.4) is 0 Å². The Morgan fingerprint density at radius 3 is 2.88 bits per heavy atom. The molecule has 0 aliphatic carbocycles. The topological polar surface area (TPSA) is 92.9 Å². The first-order chi connectivity index (χ1) is 12.6. The fraction of sp³-hybridized carbons (Fsp3) is 0.278. The molecule has 2 rings (SSSR count). The van der Waals surface area contributed by atoms with Crippen molar-refractivity contribution in [1.82, 2.24) is 15.3 Å². The van der Waals surface area contributed by atoms with Gasteiger partial charge < -0.3 is 11.1 Å². The van der Waals surface area contributed by atoms with Crippen LogP contribution in [-0.4, -0.2) is 22.5 Å². The van der Waals surface area contributed by atoms with Gasteiger partial charge in [-0.3, -0.25) is 5.32 Å². The number of carbonyl (C=O) groups excluding carboxylic acids is 1. The quantitative estimate of drug-likeness (QED) is 0.597. The summed E-state index contributed by atoms with van der Waals surface area (Å²) in [6, 6.07) is -0.277. The predicted octanol–water partition coefficient (Wildman–Crippen LogP) is 3.88. The van der Waals surface area contributed by atoms with Crippen molar-refractivity contribution in [3.63, 3.8) is 0 Å². The number of aryl methyl sites for hydroxylation is 2. The molecule has 2 aromatic heterocycles. The number of hydrogen-bond donors (Lipinski definition) is 3. The van der Waals surface area contributed by atoms with Gasteiger partial charge in [-0.25, -0.2) is 14.8 Å². The van der Waals surface area contributed by atoms with Crippen molar-refractivity contribution in [3.8, 4) is 0 Å². The lowest BCUT2D eigenvalue weighted by atomic mass is 10.2. The van der Waals surface area contributed by atoms with Gasteiger partial charge in [-0.05, 0) is 31.2 Å². The Bertz CT molecular complexity index is 819. The number of anilines is 1. The number of thiazole rings is 2. The molecule has 2 aromatic rings. The highest BCUT2D eigenvalue weighted by Gasteiger charge is 2.12. The monoisotopic (exact) mass is 389 g/mol. The maximum atomic E-state index is 12.1. The van der Waals surface area contributed by atoms with Crippen molar-refractivity contribution in [2.24, 2.45) is 5.73 Å². The van der Waals surface area contributed by atoms with Gasteiger partial charge in [0.1, 0.15) is 0 Å². The number of aromatic nitrogens is 2. The highest BCUT2D eigenvalue weighted by atomic mass is 32.1. The molecule has 0 spiro atoms. The summed E-state index contributed by atoms with van der Waals surface area (Å²) >= 11 is 3.08. The summed E-state index contributed by atoms with van der Waals surface area (Å²) in [5.74, 6) is 0. The van der Waals surface area contributed by atoms with Crippen molar-refractivity contribution in [2.45, 2.75) is 26.7 Å². The number of allylic oxidation sites excluding steroid dienone is 4. The Kier molecular flexibility index (Phi) is 7.55. The molecule has 2 heterocycles. The molecule has 0 radical (unpaired) electrons. The molecule has 8 heteroatoms. The fourth-order valence-electron chi connectivity index (χ4n) is 2.21. The van der Waals surface area contributed by atoms with E-state index in [0.717, 1.165) is 27.6 Å². The molecule has 26 heavy (non-hydrogen) atoms. The first-order valence-electron chi connectivity index (χ1n) is 8.24.